The Morgan fingerprint density at radius 1 is 1.26 bits per heavy atom. The smallest absolute Gasteiger partial charge is 0.164 e. The monoisotopic (exact) mass is 376 g/mol. The van der Waals surface area contributed by atoms with Crippen molar-refractivity contribution in [1.82, 2.24) is 0 Å². The summed E-state index contributed by atoms with van der Waals surface area (Å²) in [5, 5.41) is 23.1. The molecule has 5 unspecified atom stereocenters. The highest BCUT2D eigenvalue weighted by Crippen LogP contribution is 2.70. The van der Waals surface area contributed by atoms with Crippen molar-refractivity contribution in [3.05, 3.63) is 23.3 Å². The van der Waals surface area contributed by atoms with E-state index in [-0.39, 0.29) is 17.8 Å². The zero-order valence-corrected chi connectivity index (χ0v) is 17.0. The summed E-state index contributed by atoms with van der Waals surface area (Å²) < 4.78 is 11.3. The standard InChI is InChI=1S/C22H32O5/c1-6-20-12-15-8-9-16(26-4)19(27-5)18(15)21(7-2,13-20)22(25,14(20)3)17(24)10-11-23/h8-9,11,14,17,24-25H,6-7,10,12-13H2,1-5H3. The van der Waals surface area contributed by atoms with E-state index < -0.39 is 17.1 Å². The van der Waals surface area contributed by atoms with E-state index in [0.717, 1.165) is 30.4 Å². The quantitative estimate of drug-likeness (QED) is 0.716. The third-order valence-electron chi connectivity index (χ3n) is 7.79. The lowest BCUT2D eigenvalue weighted by Gasteiger charge is -2.48. The number of benzene rings is 1. The molecule has 2 aliphatic carbocycles. The Morgan fingerprint density at radius 3 is 2.48 bits per heavy atom. The molecule has 0 radical (unpaired) electrons. The van der Waals surface area contributed by atoms with Gasteiger partial charge in [0.2, 0.25) is 0 Å². The molecule has 2 N–H and O–H groups in total. The Morgan fingerprint density at radius 2 is 1.96 bits per heavy atom. The third-order valence-corrected chi connectivity index (χ3v) is 7.79. The second kappa shape index (κ2) is 6.78. The number of hydrogen-bond donors (Lipinski definition) is 2. The Bertz CT molecular complexity index is 732. The van der Waals surface area contributed by atoms with E-state index in [1.807, 2.05) is 19.9 Å². The number of rotatable bonds is 7. The number of aliphatic hydroxyl groups is 2. The molecule has 5 nitrogen and oxygen atoms in total. The summed E-state index contributed by atoms with van der Waals surface area (Å²) in [6.45, 7) is 6.23. The van der Waals surface area contributed by atoms with Crippen LogP contribution in [0.5, 0.6) is 11.5 Å². The molecule has 0 heterocycles. The number of fused-ring (bicyclic) bond motifs is 4. The molecule has 3 rings (SSSR count). The number of carbonyl (C=O) groups excluding carboxylic acids is 1. The van der Waals surface area contributed by atoms with Gasteiger partial charge in [-0.1, -0.05) is 26.8 Å². The summed E-state index contributed by atoms with van der Waals surface area (Å²) in [5.74, 6) is 1.10. The summed E-state index contributed by atoms with van der Waals surface area (Å²) in [7, 11) is 3.22. The Labute approximate surface area is 161 Å². The maximum atomic E-state index is 12.1. The van der Waals surface area contributed by atoms with Gasteiger partial charge in [-0.25, -0.2) is 0 Å². The molecule has 5 atom stereocenters. The zero-order chi connectivity index (χ0) is 20.0. The first kappa shape index (κ1) is 20.2. The van der Waals surface area contributed by atoms with Gasteiger partial charge in [-0.2, -0.15) is 0 Å². The number of hydrogen-bond acceptors (Lipinski definition) is 5. The fourth-order valence-electron chi connectivity index (χ4n) is 6.32. The van der Waals surface area contributed by atoms with Gasteiger partial charge in [-0.15, -0.1) is 0 Å². The van der Waals surface area contributed by atoms with Crippen LogP contribution in [0.3, 0.4) is 0 Å². The van der Waals surface area contributed by atoms with Crippen molar-refractivity contribution in [2.45, 2.75) is 70.0 Å². The van der Waals surface area contributed by atoms with E-state index in [1.165, 1.54) is 0 Å². The van der Waals surface area contributed by atoms with Gasteiger partial charge >= 0.3 is 0 Å². The summed E-state index contributed by atoms with van der Waals surface area (Å²) in [4.78, 5) is 11.2. The van der Waals surface area contributed by atoms with Gasteiger partial charge in [0.15, 0.2) is 11.5 Å². The Kier molecular flexibility index (Phi) is 5.06. The second-order valence-electron chi connectivity index (χ2n) is 8.31. The number of ether oxygens (including phenoxy) is 2. The van der Waals surface area contributed by atoms with Crippen LogP contribution in [0.25, 0.3) is 0 Å². The maximum absolute atomic E-state index is 12.1. The molecule has 1 saturated carbocycles. The van der Waals surface area contributed by atoms with E-state index in [1.54, 1.807) is 14.2 Å². The van der Waals surface area contributed by atoms with E-state index in [9.17, 15) is 15.0 Å². The van der Waals surface area contributed by atoms with Crippen molar-refractivity contribution >= 4 is 6.29 Å². The first-order valence-electron chi connectivity index (χ1n) is 9.90. The zero-order valence-electron chi connectivity index (χ0n) is 17.0. The summed E-state index contributed by atoms with van der Waals surface area (Å²) in [6, 6.07) is 3.98. The molecule has 2 aliphatic rings. The van der Waals surface area contributed by atoms with Crippen molar-refractivity contribution in [1.29, 1.82) is 0 Å². The molecule has 0 aromatic heterocycles. The largest absolute Gasteiger partial charge is 0.493 e. The van der Waals surface area contributed by atoms with Crippen molar-refractivity contribution in [3.63, 3.8) is 0 Å². The van der Waals surface area contributed by atoms with Crippen LogP contribution in [0.4, 0.5) is 0 Å². The van der Waals surface area contributed by atoms with E-state index in [2.05, 4.69) is 13.0 Å². The fourth-order valence-corrected chi connectivity index (χ4v) is 6.32. The first-order chi connectivity index (χ1) is 12.8. The van der Waals surface area contributed by atoms with Crippen LogP contribution in [-0.4, -0.2) is 42.4 Å². The third kappa shape index (κ3) is 2.34. The summed E-state index contributed by atoms with van der Waals surface area (Å²) in [5.41, 5.74) is -0.153. The highest BCUT2D eigenvalue weighted by molar-refractivity contribution is 5.60. The molecular formula is C22H32O5. The average Bonchev–Trinajstić information content (AvgIpc) is 2.85. The molecule has 1 fully saturated rings. The Hall–Kier alpha value is -1.59. The van der Waals surface area contributed by atoms with Gasteiger partial charge in [0.1, 0.15) is 11.9 Å². The second-order valence-corrected chi connectivity index (χ2v) is 8.31. The highest BCUT2D eigenvalue weighted by Gasteiger charge is 2.72. The van der Waals surface area contributed by atoms with Crippen molar-refractivity contribution < 1.29 is 24.5 Å². The molecular weight excluding hydrogens is 344 g/mol. The number of aliphatic hydroxyl groups excluding tert-OH is 1. The lowest BCUT2D eigenvalue weighted by molar-refractivity contribution is -0.149. The van der Waals surface area contributed by atoms with Crippen LogP contribution >= 0.6 is 0 Å². The van der Waals surface area contributed by atoms with Crippen LogP contribution in [0, 0.1) is 11.3 Å². The Balaban J connectivity index is 2.37. The summed E-state index contributed by atoms with van der Waals surface area (Å²) in [6.07, 6.45) is 2.62. The van der Waals surface area contributed by atoms with Gasteiger partial charge in [-0.05, 0) is 48.6 Å². The minimum absolute atomic E-state index is 0.0794. The van der Waals surface area contributed by atoms with Crippen LogP contribution < -0.4 is 9.47 Å². The maximum Gasteiger partial charge on any atom is 0.164 e. The molecule has 1 aromatic rings. The normalized spacial score (nSPS) is 35.4. The van der Waals surface area contributed by atoms with E-state index in [0.29, 0.717) is 24.2 Å². The van der Waals surface area contributed by atoms with Crippen LogP contribution in [-0.2, 0) is 16.6 Å². The van der Waals surface area contributed by atoms with E-state index >= 15 is 0 Å². The predicted octanol–water partition coefficient (Wildman–Crippen LogP) is 3.02. The average molecular weight is 376 g/mol. The highest BCUT2D eigenvalue weighted by atomic mass is 16.5. The molecule has 0 spiro atoms. The van der Waals surface area contributed by atoms with Gasteiger partial charge in [0, 0.05) is 17.4 Å². The van der Waals surface area contributed by atoms with Gasteiger partial charge in [-0.3, -0.25) is 0 Å². The molecule has 5 heteroatoms. The van der Waals surface area contributed by atoms with Crippen LogP contribution in [0.1, 0.15) is 57.6 Å². The number of methoxy groups -OCH3 is 2. The van der Waals surface area contributed by atoms with Crippen LogP contribution in [0.15, 0.2) is 12.1 Å². The molecule has 0 aliphatic heterocycles. The van der Waals surface area contributed by atoms with Crippen molar-refractivity contribution in [3.8, 4) is 11.5 Å². The molecule has 0 saturated heterocycles. The fraction of sp³-hybridized carbons (Fsp3) is 0.682. The van der Waals surface area contributed by atoms with Crippen molar-refractivity contribution in [2.75, 3.05) is 14.2 Å². The number of carbonyl (C=O) groups is 1. The topological polar surface area (TPSA) is 76.0 Å². The number of aldehydes is 1. The molecule has 2 bridgehead atoms. The predicted molar refractivity (Wildman–Crippen MR) is 103 cm³/mol. The summed E-state index contributed by atoms with van der Waals surface area (Å²) >= 11 is 0. The molecule has 27 heavy (non-hydrogen) atoms. The first-order valence-corrected chi connectivity index (χ1v) is 9.90. The van der Waals surface area contributed by atoms with Gasteiger partial charge in [0.05, 0.1) is 20.3 Å². The van der Waals surface area contributed by atoms with Crippen molar-refractivity contribution in [2.24, 2.45) is 11.3 Å². The minimum atomic E-state index is -1.41. The van der Waals surface area contributed by atoms with Crippen LogP contribution in [0.2, 0.25) is 0 Å². The lowest BCUT2D eigenvalue weighted by atomic mass is 9.60. The van der Waals surface area contributed by atoms with E-state index in [4.69, 9.17) is 9.47 Å². The van der Waals surface area contributed by atoms with Gasteiger partial charge in [0.25, 0.3) is 0 Å². The van der Waals surface area contributed by atoms with Gasteiger partial charge < -0.3 is 24.5 Å². The SMILES string of the molecule is CCC12Cc3ccc(OC)c(OC)c3C(CC)(C1)C(O)(C(O)CC=O)C2C. The molecule has 1 aromatic carbocycles. The lowest BCUT2D eigenvalue weighted by Crippen LogP contribution is -2.58. The molecule has 150 valence electrons. The molecule has 0 amide bonds. The minimum Gasteiger partial charge on any atom is -0.493 e.